The lowest BCUT2D eigenvalue weighted by Crippen LogP contribution is -2.50. The molecule has 0 aliphatic rings. The molecule has 0 spiro atoms. The molecule has 1 atom stereocenters. The molecule has 0 N–H and O–H groups in total. The first-order chi connectivity index (χ1) is 17.0. The van der Waals surface area contributed by atoms with E-state index in [1.807, 2.05) is 41.5 Å². The lowest BCUT2D eigenvalue weighted by molar-refractivity contribution is -0.433. The monoisotopic (exact) mass is 516 g/mol. The predicted octanol–water partition coefficient (Wildman–Crippen LogP) is 9.50. The number of ether oxygens (including phenoxy) is 3. The van der Waals surface area contributed by atoms with Gasteiger partial charge in [0.2, 0.25) is 0 Å². The molecule has 0 radical (unpaired) electrons. The topological polar surface area (TPSA) is 27.7 Å². The quantitative estimate of drug-likeness (QED) is 0.128. The van der Waals surface area contributed by atoms with Crippen LogP contribution in [0.2, 0.25) is 0 Å². The van der Waals surface area contributed by atoms with Crippen LogP contribution in [0.3, 0.4) is 0 Å². The van der Waals surface area contributed by atoms with E-state index < -0.39 is 23.4 Å². The summed E-state index contributed by atoms with van der Waals surface area (Å²) in [5.74, 6) is -3.60. The summed E-state index contributed by atoms with van der Waals surface area (Å²) < 4.78 is 60.4. The highest BCUT2D eigenvalue weighted by Crippen LogP contribution is 2.37. The molecule has 1 aromatic rings. The zero-order valence-electron chi connectivity index (χ0n) is 23.8. The van der Waals surface area contributed by atoms with E-state index in [1.165, 1.54) is 32.1 Å². The Morgan fingerprint density at radius 3 is 1.50 bits per heavy atom. The molecule has 1 aromatic carbocycles. The maximum Gasteiger partial charge on any atom is 0.286 e. The lowest BCUT2D eigenvalue weighted by atomic mass is 9.91. The standard InChI is InChI=1S/C30H51F3O3/c1-8-9-10-11-12-14-17-25(30(34-22(2)3,35-23(4)5)36-24(6)7)18-15-13-16-19-27-28(32)20-26(31)21-29(27)33/h20-25H,8-19H2,1-7H3. The van der Waals surface area contributed by atoms with E-state index >= 15 is 0 Å². The van der Waals surface area contributed by atoms with Crippen molar-refractivity contribution < 1.29 is 27.4 Å². The molecule has 3 nitrogen and oxygen atoms in total. The van der Waals surface area contributed by atoms with E-state index in [2.05, 4.69) is 6.92 Å². The average molecular weight is 517 g/mol. The smallest absolute Gasteiger partial charge is 0.286 e. The van der Waals surface area contributed by atoms with Crippen LogP contribution in [0.5, 0.6) is 0 Å². The molecule has 0 heterocycles. The van der Waals surface area contributed by atoms with Gasteiger partial charge in [0.05, 0.1) is 18.3 Å². The summed E-state index contributed by atoms with van der Waals surface area (Å²) in [5, 5.41) is 0. The van der Waals surface area contributed by atoms with Crippen LogP contribution < -0.4 is 0 Å². The van der Waals surface area contributed by atoms with Crippen molar-refractivity contribution >= 4 is 0 Å². The van der Waals surface area contributed by atoms with Crippen molar-refractivity contribution in [1.29, 1.82) is 0 Å². The fourth-order valence-corrected chi connectivity index (χ4v) is 4.71. The van der Waals surface area contributed by atoms with Crippen LogP contribution in [-0.4, -0.2) is 24.3 Å². The Labute approximate surface area is 218 Å². The summed E-state index contributed by atoms with van der Waals surface area (Å²) in [4.78, 5) is 0. The Balaban J connectivity index is 2.90. The Bertz CT molecular complexity index is 672. The molecular weight excluding hydrogens is 465 g/mol. The number of benzene rings is 1. The highest BCUT2D eigenvalue weighted by Gasteiger charge is 2.44. The maximum atomic E-state index is 14.0. The van der Waals surface area contributed by atoms with Gasteiger partial charge in [0.15, 0.2) is 0 Å². The highest BCUT2D eigenvalue weighted by atomic mass is 19.1. The second-order valence-corrected chi connectivity index (χ2v) is 10.8. The molecule has 1 unspecified atom stereocenters. The molecule has 0 aromatic heterocycles. The van der Waals surface area contributed by atoms with Crippen LogP contribution in [-0.2, 0) is 20.6 Å². The number of halogens is 3. The third-order valence-corrected chi connectivity index (χ3v) is 6.19. The van der Waals surface area contributed by atoms with Crippen LogP contribution in [0.25, 0.3) is 0 Å². The van der Waals surface area contributed by atoms with Crippen LogP contribution in [0.15, 0.2) is 12.1 Å². The van der Waals surface area contributed by atoms with Gasteiger partial charge in [-0.2, -0.15) is 0 Å². The largest absolute Gasteiger partial charge is 0.324 e. The minimum atomic E-state index is -1.13. The number of rotatable bonds is 20. The molecule has 0 amide bonds. The maximum absolute atomic E-state index is 14.0. The number of unbranched alkanes of at least 4 members (excludes halogenated alkanes) is 7. The fraction of sp³-hybridized carbons (Fsp3) is 0.800. The van der Waals surface area contributed by atoms with Gasteiger partial charge in [0.25, 0.3) is 5.97 Å². The normalized spacial score (nSPS) is 13.4. The first-order valence-corrected chi connectivity index (χ1v) is 14.2. The van der Waals surface area contributed by atoms with Crippen molar-refractivity contribution in [2.45, 2.75) is 150 Å². The first-order valence-electron chi connectivity index (χ1n) is 14.2. The third-order valence-electron chi connectivity index (χ3n) is 6.19. The van der Waals surface area contributed by atoms with Crippen molar-refractivity contribution in [2.24, 2.45) is 5.92 Å². The average Bonchev–Trinajstić information content (AvgIpc) is 2.74. The Kier molecular flexibility index (Phi) is 15.9. The molecule has 36 heavy (non-hydrogen) atoms. The van der Waals surface area contributed by atoms with Crippen LogP contribution in [0.4, 0.5) is 13.2 Å². The van der Waals surface area contributed by atoms with E-state index in [0.717, 1.165) is 44.2 Å². The minimum absolute atomic E-state index is 0.0372. The van der Waals surface area contributed by atoms with Crippen LogP contribution >= 0.6 is 0 Å². The van der Waals surface area contributed by atoms with Gasteiger partial charge < -0.3 is 14.2 Å². The summed E-state index contributed by atoms with van der Waals surface area (Å²) in [6.45, 7) is 14.2. The van der Waals surface area contributed by atoms with Crippen LogP contribution in [0.1, 0.15) is 125 Å². The third kappa shape index (κ3) is 12.4. The van der Waals surface area contributed by atoms with Crippen molar-refractivity contribution in [3.63, 3.8) is 0 Å². The van der Waals surface area contributed by atoms with Crippen molar-refractivity contribution in [3.05, 3.63) is 35.1 Å². The summed E-state index contributed by atoms with van der Waals surface area (Å²) in [5.41, 5.74) is -0.0381. The first kappa shape index (κ1) is 32.9. The highest BCUT2D eigenvalue weighted by molar-refractivity contribution is 5.20. The van der Waals surface area contributed by atoms with Gasteiger partial charge in [0.1, 0.15) is 17.5 Å². The Hall–Kier alpha value is -1.11. The Morgan fingerprint density at radius 1 is 0.639 bits per heavy atom. The molecule has 0 aliphatic heterocycles. The molecule has 0 aliphatic carbocycles. The van der Waals surface area contributed by atoms with E-state index in [-0.39, 0.29) is 36.2 Å². The van der Waals surface area contributed by atoms with E-state index in [9.17, 15) is 13.2 Å². The lowest BCUT2D eigenvalue weighted by Gasteiger charge is -2.43. The van der Waals surface area contributed by atoms with Gasteiger partial charge in [-0.25, -0.2) is 13.2 Å². The molecule has 1 rings (SSSR count). The van der Waals surface area contributed by atoms with Crippen molar-refractivity contribution in [3.8, 4) is 0 Å². The number of hydrogen-bond acceptors (Lipinski definition) is 3. The van der Waals surface area contributed by atoms with Gasteiger partial charge in [-0.3, -0.25) is 0 Å². The zero-order valence-corrected chi connectivity index (χ0v) is 23.8. The summed E-state index contributed by atoms with van der Waals surface area (Å²) in [6, 6.07) is 1.50. The predicted molar refractivity (Wildman–Crippen MR) is 141 cm³/mol. The summed E-state index contributed by atoms with van der Waals surface area (Å²) >= 11 is 0. The number of hydrogen-bond donors (Lipinski definition) is 0. The second kappa shape index (κ2) is 17.4. The van der Waals surface area contributed by atoms with E-state index in [4.69, 9.17) is 14.2 Å². The summed E-state index contributed by atoms with van der Waals surface area (Å²) in [7, 11) is 0. The SMILES string of the molecule is CCCCCCCCC(CCCCCc1c(F)cc(F)cc1F)C(OC(C)C)(OC(C)C)OC(C)C. The molecule has 0 bridgehead atoms. The van der Waals surface area contributed by atoms with E-state index in [0.29, 0.717) is 6.42 Å². The van der Waals surface area contributed by atoms with Crippen LogP contribution in [0, 0.1) is 23.4 Å². The molecule has 0 saturated heterocycles. The van der Waals surface area contributed by atoms with Gasteiger partial charge in [-0.05, 0) is 67.2 Å². The second-order valence-electron chi connectivity index (χ2n) is 10.8. The molecule has 6 heteroatoms. The molecule has 0 saturated carbocycles. The van der Waals surface area contributed by atoms with E-state index in [1.54, 1.807) is 0 Å². The Morgan fingerprint density at radius 2 is 1.06 bits per heavy atom. The van der Waals surface area contributed by atoms with Gasteiger partial charge in [-0.15, -0.1) is 0 Å². The van der Waals surface area contributed by atoms with Crippen molar-refractivity contribution in [1.82, 2.24) is 0 Å². The zero-order chi connectivity index (χ0) is 27.1. The minimum Gasteiger partial charge on any atom is -0.324 e. The van der Waals surface area contributed by atoms with Crippen molar-refractivity contribution in [2.75, 3.05) is 0 Å². The molecule has 0 fully saturated rings. The van der Waals surface area contributed by atoms with Gasteiger partial charge >= 0.3 is 0 Å². The molecule has 210 valence electrons. The van der Waals surface area contributed by atoms with Gasteiger partial charge in [-0.1, -0.05) is 58.3 Å². The summed E-state index contributed by atoms with van der Waals surface area (Å²) in [6.07, 6.45) is 11.3. The molecular formula is C30H51F3O3. The fourth-order valence-electron chi connectivity index (χ4n) is 4.71. The van der Waals surface area contributed by atoms with Gasteiger partial charge in [0, 0.05) is 23.6 Å².